The Labute approximate surface area is 183 Å². The fraction of sp³-hybridized carbons (Fsp3) is 0.500. The summed E-state index contributed by atoms with van der Waals surface area (Å²) in [6.45, 7) is 3.92. The normalized spacial score (nSPS) is 30.6. The Morgan fingerprint density at radius 1 is 0.871 bits per heavy atom. The molecule has 1 aromatic rings. The summed E-state index contributed by atoms with van der Waals surface area (Å²) in [4.78, 5) is 0. The molecule has 31 heavy (non-hydrogen) atoms. The van der Waals surface area contributed by atoms with E-state index in [0.29, 0.717) is 52.6 Å². The van der Waals surface area contributed by atoms with E-state index in [1.54, 1.807) is 42.7 Å². The highest BCUT2D eigenvalue weighted by Crippen LogP contribution is 2.42. The average Bonchev–Trinajstić information content (AvgIpc) is 2.76. The van der Waals surface area contributed by atoms with Crippen molar-refractivity contribution in [3.63, 3.8) is 0 Å². The van der Waals surface area contributed by atoms with E-state index >= 15 is 0 Å². The molecule has 2 aliphatic rings. The summed E-state index contributed by atoms with van der Waals surface area (Å²) in [6.07, 6.45) is 3.08. The average molecular weight is 433 g/mol. The first-order valence-corrected chi connectivity index (χ1v) is 10.1. The van der Waals surface area contributed by atoms with Crippen molar-refractivity contribution in [1.29, 1.82) is 0 Å². The minimum Gasteiger partial charge on any atom is -0.493 e. The SMILES string of the molecule is COC1=C(OC)/C(OC)=c2/c(OC)c(OC)c(OC)c/c2=C2\CC(C)(O)C(C)C\C2=C\1. The standard InChI is InChI=1S/C24H32O7/c1-13-9-14-10-17(26-3)20(28-5)22(30-7)19-15(16(14)12-24(13,2)25)11-18(27-4)21(29-6)23(19)31-8/h10-11,13,25H,9,12H2,1-8H3/b14-10-,16-15-,17-10?,20-17-,22-19-,22-20?. The molecule has 0 aromatic heterocycles. The van der Waals surface area contributed by atoms with Gasteiger partial charge in [0.15, 0.2) is 23.0 Å². The maximum absolute atomic E-state index is 11.1. The van der Waals surface area contributed by atoms with Crippen molar-refractivity contribution < 1.29 is 33.5 Å². The maximum atomic E-state index is 11.1. The fourth-order valence-corrected chi connectivity index (χ4v) is 4.34. The van der Waals surface area contributed by atoms with Gasteiger partial charge in [0.2, 0.25) is 11.5 Å². The second-order valence-electron chi connectivity index (χ2n) is 7.99. The first kappa shape index (κ1) is 22.9. The molecule has 0 bridgehead atoms. The van der Waals surface area contributed by atoms with Crippen molar-refractivity contribution in [2.45, 2.75) is 32.3 Å². The summed E-state index contributed by atoms with van der Waals surface area (Å²) < 4.78 is 34.3. The van der Waals surface area contributed by atoms with E-state index in [4.69, 9.17) is 28.4 Å². The summed E-state index contributed by atoms with van der Waals surface area (Å²) >= 11 is 0. The third-order valence-corrected chi connectivity index (χ3v) is 6.26. The van der Waals surface area contributed by atoms with Gasteiger partial charge in [0.25, 0.3) is 0 Å². The first-order valence-electron chi connectivity index (χ1n) is 10.1. The van der Waals surface area contributed by atoms with Gasteiger partial charge in [-0.15, -0.1) is 0 Å². The molecule has 2 aliphatic carbocycles. The Morgan fingerprint density at radius 3 is 2.03 bits per heavy atom. The summed E-state index contributed by atoms with van der Waals surface area (Å²) in [5.41, 5.74) is 1.14. The second kappa shape index (κ2) is 8.75. The second-order valence-corrected chi connectivity index (χ2v) is 7.99. The number of benzene rings is 1. The highest BCUT2D eigenvalue weighted by Gasteiger charge is 2.38. The topological polar surface area (TPSA) is 75.6 Å². The molecule has 0 aliphatic heterocycles. The number of hydrogen-bond acceptors (Lipinski definition) is 7. The van der Waals surface area contributed by atoms with Gasteiger partial charge in [-0.3, -0.25) is 0 Å². The predicted molar refractivity (Wildman–Crippen MR) is 117 cm³/mol. The Bertz CT molecular complexity index is 1050. The highest BCUT2D eigenvalue weighted by molar-refractivity contribution is 5.75. The van der Waals surface area contributed by atoms with Crippen LogP contribution in [-0.4, -0.2) is 53.4 Å². The van der Waals surface area contributed by atoms with Gasteiger partial charge < -0.3 is 33.5 Å². The van der Waals surface area contributed by atoms with E-state index < -0.39 is 5.60 Å². The molecule has 0 amide bonds. The van der Waals surface area contributed by atoms with Crippen LogP contribution >= 0.6 is 0 Å². The zero-order valence-electron chi connectivity index (χ0n) is 19.5. The molecule has 170 valence electrons. The number of ether oxygens (including phenoxy) is 6. The van der Waals surface area contributed by atoms with E-state index in [1.807, 2.05) is 26.0 Å². The molecule has 0 radical (unpaired) electrons. The zero-order chi connectivity index (χ0) is 22.9. The predicted octanol–water partition coefficient (Wildman–Crippen LogP) is 2.24. The van der Waals surface area contributed by atoms with Crippen LogP contribution in [0.4, 0.5) is 0 Å². The van der Waals surface area contributed by atoms with Crippen molar-refractivity contribution in [3.05, 3.63) is 39.7 Å². The molecule has 1 aromatic carbocycles. The van der Waals surface area contributed by atoms with Gasteiger partial charge in [-0.2, -0.15) is 0 Å². The Morgan fingerprint density at radius 2 is 1.52 bits per heavy atom. The molecular formula is C24H32O7. The largest absolute Gasteiger partial charge is 0.493 e. The lowest BCUT2D eigenvalue weighted by Gasteiger charge is -2.38. The Kier molecular flexibility index (Phi) is 6.46. The molecule has 0 heterocycles. The summed E-state index contributed by atoms with van der Waals surface area (Å²) in [7, 11) is 9.43. The van der Waals surface area contributed by atoms with Crippen molar-refractivity contribution in [3.8, 4) is 17.2 Å². The minimum absolute atomic E-state index is 0.0578. The number of fused-ring (bicyclic) bond motifs is 2. The number of hydrogen-bond donors (Lipinski definition) is 1. The summed E-state index contributed by atoms with van der Waals surface area (Å²) in [5.74, 6) is 2.88. The molecule has 0 spiro atoms. The summed E-state index contributed by atoms with van der Waals surface area (Å²) in [6, 6.07) is 1.90. The molecule has 2 atom stereocenters. The number of rotatable bonds is 6. The molecule has 7 nitrogen and oxygen atoms in total. The van der Waals surface area contributed by atoms with E-state index in [9.17, 15) is 5.11 Å². The van der Waals surface area contributed by atoms with Crippen LogP contribution in [0.15, 0.2) is 29.2 Å². The molecule has 1 saturated carbocycles. The number of methoxy groups -OCH3 is 6. The summed E-state index contributed by atoms with van der Waals surface area (Å²) in [5, 5.41) is 12.6. The van der Waals surface area contributed by atoms with Gasteiger partial charge in [0.1, 0.15) is 0 Å². The van der Waals surface area contributed by atoms with Crippen LogP contribution in [0, 0.1) is 5.92 Å². The van der Waals surface area contributed by atoms with E-state index in [-0.39, 0.29) is 5.92 Å². The van der Waals surface area contributed by atoms with Gasteiger partial charge in [0, 0.05) is 6.42 Å². The third-order valence-electron chi connectivity index (χ3n) is 6.26. The third kappa shape index (κ3) is 3.71. The smallest absolute Gasteiger partial charge is 0.204 e. The van der Waals surface area contributed by atoms with Crippen LogP contribution in [0.3, 0.4) is 0 Å². The Hall–Kier alpha value is -2.80. The molecule has 0 saturated heterocycles. The molecule has 3 rings (SSSR count). The van der Waals surface area contributed by atoms with Crippen LogP contribution in [0.5, 0.6) is 17.2 Å². The Balaban J connectivity index is 2.66. The monoisotopic (exact) mass is 432 g/mol. The van der Waals surface area contributed by atoms with Crippen LogP contribution in [0.1, 0.15) is 26.7 Å². The van der Waals surface area contributed by atoms with Gasteiger partial charge in [-0.1, -0.05) is 6.92 Å². The quantitative estimate of drug-likeness (QED) is 0.739. The van der Waals surface area contributed by atoms with Crippen molar-refractivity contribution >= 4 is 11.3 Å². The molecule has 2 unspecified atom stereocenters. The fourth-order valence-electron chi connectivity index (χ4n) is 4.34. The molecular weight excluding hydrogens is 400 g/mol. The number of allylic oxidation sites excluding steroid dienone is 2. The lowest BCUT2D eigenvalue weighted by Crippen LogP contribution is -2.42. The lowest BCUT2D eigenvalue weighted by molar-refractivity contribution is 0.00554. The van der Waals surface area contributed by atoms with Gasteiger partial charge in [0.05, 0.1) is 53.5 Å². The molecule has 7 heteroatoms. The highest BCUT2D eigenvalue weighted by atomic mass is 16.5. The van der Waals surface area contributed by atoms with Gasteiger partial charge >= 0.3 is 0 Å². The van der Waals surface area contributed by atoms with Crippen LogP contribution in [0.25, 0.3) is 11.3 Å². The zero-order valence-corrected chi connectivity index (χ0v) is 19.5. The van der Waals surface area contributed by atoms with Crippen molar-refractivity contribution in [1.82, 2.24) is 0 Å². The van der Waals surface area contributed by atoms with Crippen molar-refractivity contribution in [2.75, 3.05) is 42.7 Å². The molecule has 1 N–H and O–H groups in total. The van der Waals surface area contributed by atoms with Gasteiger partial charge in [-0.05, 0) is 47.8 Å². The lowest BCUT2D eigenvalue weighted by atomic mass is 9.71. The van der Waals surface area contributed by atoms with E-state index in [2.05, 4.69) is 0 Å². The van der Waals surface area contributed by atoms with Crippen molar-refractivity contribution in [2.24, 2.45) is 5.92 Å². The van der Waals surface area contributed by atoms with Crippen LogP contribution in [-0.2, 0) is 14.2 Å². The number of aliphatic hydroxyl groups is 1. The van der Waals surface area contributed by atoms with Crippen LogP contribution < -0.4 is 24.6 Å². The maximum Gasteiger partial charge on any atom is 0.204 e. The van der Waals surface area contributed by atoms with E-state index in [1.165, 1.54) is 0 Å². The first-order chi connectivity index (χ1) is 14.8. The van der Waals surface area contributed by atoms with Crippen LogP contribution in [0.2, 0.25) is 0 Å². The van der Waals surface area contributed by atoms with Gasteiger partial charge in [-0.25, -0.2) is 0 Å². The molecule has 1 fully saturated rings. The van der Waals surface area contributed by atoms with E-state index in [0.717, 1.165) is 16.4 Å². The minimum atomic E-state index is -0.877.